The van der Waals surface area contributed by atoms with E-state index in [0.717, 1.165) is 12.8 Å². The lowest BCUT2D eigenvalue weighted by Gasteiger charge is -2.13. The standard InChI is InChI=1S/C21H21N3O4/c1-2-27-20(25)12-19-24-17-8-7-15(11-18(17)28-19)22-21(26)23-16-9-13-5-3-4-6-14(13)10-16/h3-8,11,16H,2,9-10,12H2,1H3,(H2,22,23,26). The fourth-order valence-electron chi connectivity index (χ4n) is 3.47. The number of fused-ring (bicyclic) bond motifs is 2. The number of ether oxygens (including phenoxy) is 1. The third-order valence-corrected chi connectivity index (χ3v) is 4.68. The maximum absolute atomic E-state index is 12.3. The van der Waals surface area contributed by atoms with Crippen LogP contribution in [0.3, 0.4) is 0 Å². The summed E-state index contributed by atoms with van der Waals surface area (Å²) in [5.41, 5.74) is 4.29. The molecule has 0 fully saturated rings. The highest BCUT2D eigenvalue weighted by Gasteiger charge is 2.22. The van der Waals surface area contributed by atoms with E-state index in [1.807, 2.05) is 12.1 Å². The van der Waals surface area contributed by atoms with Gasteiger partial charge in [0.25, 0.3) is 0 Å². The van der Waals surface area contributed by atoms with Gasteiger partial charge in [-0.3, -0.25) is 4.79 Å². The van der Waals surface area contributed by atoms with Crippen LogP contribution in [0.25, 0.3) is 11.1 Å². The average molecular weight is 379 g/mol. The molecule has 0 aliphatic heterocycles. The van der Waals surface area contributed by atoms with Crippen LogP contribution in [0.15, 0.2) is 46.9 Å². The number of hydrogen-bond acceptors (Lipinski definition) is 5. The first kappa shape index (κ1) is 18.0. The molecule has 0 atom stereocenters. The molecule has 0 radical (unpaired) electrons. The Hall–Kier alpha value is -3.35. The molecule has 0 unspecified atom stereocenters. The zero-order valence-electron chi connectivity index (χ0n) is 15.5. The minimum Gasteiger partial charge on any atom is -0.466 e. The van der Waals surface area contributed by atoms with Crippen molar-refractivity contribution in [3.63, 3.8) is 0 Å². The van der Waals surface area contributed by atoms with Crippen LogP contribution < -0.4 is 10.6 Å². The number of nitrogens with zero attached hydrogens (tertiary/aromatic N) is 1. The molecule has 2 N–H and O–H groups in total. The summed E-state index contributed by atoms with van der Waals surface area (Å²) in [5, 5.41) is 5.84. The predicted octanol–water partition coefficient (Wildman–Crippen LogP) is 3.22. The minimum absolute atomic E-state index is 0.0198. The van der Waals surface area contributed by atoms with Crippen LogP contribution in [0.2, 0.25) is 0 Å². The highest BCUT2D eigenvalue weighted by Crippen LogP contribution is 2.23. The summed E-state index contributed by atoms with van der Waals surface area (Å²) in [6, 6.07) is 13.2. The number of anilines is 1. The van der Waals surface area contributed by atoms with Gasteiger partial charge in [0.15, 0.2) is 5.58 Å². The van der Waals surface area contributed by atoms with Gasteiger partial charge in [-0.05, 0) is 43.0 Å². The van der Waals surface area contributed by atoms with Crippen molar-refractivity contribution in [3.05, 3.63) is 59.5 Å². The molecular formula is C21H21N3O4. The van der Waals surface area contributed by atoms with Crippen molar-refractivity contribution >= 4 is 28.8 Å². The lowest BCUT2D eigenvalue weighted by Crippen LogP contribution is -2.38. The predicted molar refractivity (Wildman–Crippen MR) is 104 cm³/mol. The number of hydrogen-bond donors (Lipinski definition) is 2. The van der Waals surface area contributed by atoms with Gasteiger partial charge in [0, 0.05) is 17.8 Å². The Morgan fingerprint density at radius 2 is 1.93 bits per heavy atom. The van der Waals surface area contributed by atoms with E-state index in [1.165, 1.54) is 11.1 Å². The number of nitrogens with one attached hydrogen (secondary N) is 2. The van der Waals surface area contributed by atoms with Crippen LogP contribution in [0.1, 0.15) is 23.9 Å². The smallest absolute Gasteiger partial charge is 0.319 e. The Labute approximate surface area is 162 Å². The molecule has 0 spiro atoms. The van der Waals surface area contributed by atoms with Crippen molar-refractivity contribution < 1.29 is 18.7 Å². The largest absolute Gasteiger partial charge is 0.466 e. The minimum atomic E-state index is -0.385. The molecule has 3 aromatic rings. The average Bonchev–Trinajstić information content (AvgIpc) is 3.23. The van der Waals surface area contributed by atoms with Crippen LogP contribution in [0.4, 0.5) is 10.5 Å². The van der Waals surface area contributed by atoms with Crippen LogP contribution in [-0.2, 0) is 28.8 Å². The Bertz CT molecular complexity index is 1000. The molecule has 1 heterocycles. The maximum atomic E-state index is 12.3. The summed E-state index contributed by atoms with van der Waals surface area (Å²) in [5.74, 6) is -0.0943. The lowest BCUT2D eigenvalue weighted by atomic mass is 10.1. The molecule has 144 valence electrons. The number of rotatable bonds is 5. The molecule has 7 heteroatoms. The molecule has 28 heavy (non-hydrogen) atoms. The summed E-state index contributed by atoms with van der Waals surface area (Å²) in [4.78, 5) is 28.2. The van der Waals surface area contributed by atoms with Gasteiger partial charge in [-0.1, -0.05) is 24.3 Å². The summed E-state index contributed by atoms with van der Waals surface area (Å²) >= 11 is 0. The van der Waals surface area contributed by atoms with Crippen molar-refractivity contribution in [1.29, 1.82) is 0 Å². The van der Waals surface area contributed by atoms with E-state index in [9.17, 15) is 9.59 Å². The molecule has 2 amide bonds. The van der Waals surface area contributed by atoms with Gasteiger partial charge in [0.2, 0.25) is 5.89 Å². The SMILES string of the molecule is CCOC(=O)Cc1nc2ccc(NC(=O)NC3Cc4ccccc4C3)cc2o1. The van der Waals surface area contributed by atoms with Gasteiger partial charge in [-0.25, -0.2) is 9.78 Å². The van der Waals surface area contributed by atoms with Crippen molar-refractivity contribution in [1.82, 2.24) is 10.3 Å². The fourth-order valence-corrected chi connectivity index (χ4v) is 3.47. The normalized spacial score (nSPS) is 13.3. The zero-order chi connectivity index (χ0) is 19.5. The molecule has 7 nitrogen and oxygen atoms in total. The number of carbonyl (C=O) groups excluding carboxylic acids is 2. The maximum Gasteiger partial charge on any atom is 0.319 e. The summed E-state index contributed by atoms with van der Waals surface area (Å²) in [6.07, 6.45) is 1.65. The monoisotopic (exact) mass is 379 g/mol. The highest BCUT2D eigenvalue weighted by atomic mass is 16.5. The molecule has 0 bridgehead atoms. The van der Waals surface area contributed by atoms with Gasteiger partial charge >= 0.3 is 12.0 Å². The number of amides is 2. The molecule has 1 aliphatic carbocycles. The number of esters is 1. The van der Waals surface area contributed by atoms with Gasteiger partial charge in [0.1, 0.15) is 11.9 Å². The van der Waals surface area contributed by atoms with E-state index >= 15 is 0 Å². The van der Waals surface area contributed by atoms with Crippen molar-refractivity contribution in [3.8, 4) is 0 Å². The second-order valence-corrected chi connectivity index (χ2v) is 6.74. The molecule has 0 saturated carbocycles. The highest BCUT2D eigenvalue weighted by molar-refractivity contribution is 5.91. The van der Waals surface area contributed by atoms with Crippen LogP contribution in [0, 0.1) is 0 Å². The second kappa shape index (κ2) is 7.72. The van der Waals surface area contributed by atoms with E-state index in [1.54, 1.807) is 25.1 Å². The Balaban J connectivity index is 1.38. The summed E-state index contributed by atoms with van der Waals surface area (Å²) in [7, 11) is 0. The van der Waals surface area contributed by atoms with E-state index in [4.69, 9.17) is 9.15 Å². The quantitative estimate of drug-likeness (QED) is 0.664. The number of urea groups is 1. The summed E-state index contributed by atoms with van der Waals surface area (Å²) < 4.78 is 10.5. The van der Waals surface area contributed by atoms with E-state index in [0.29, 0.717) is 29.3 Å². The molecule has 4 rings (SSSR count). The lowest BCUT2D eigenvalue weighted by molar-refractivity contribution is -0.142. The van der Waals surface area contributed by atoms with E-state index in [2.05, 4.69) is 27.8 Å². The first-order valence-corrected chi connectivity index (χ1v) is 9.30. The third kappa shape index (κ3) is 3.98. The molecular weight excluding hydrogens is 358 g/mol. The number of carbonyl (C=O) groups is 2. The fraction of sp³-hybridized carbons (Fsp3) is 0.286. The number of aromatic nitrogens is 1. The summed E-state index contributed by atoms with van der Waals surface area (Å²) in [6.45, 7) is 2.06. The second-order valence-electron chi connectivity index (χ2n) is 6.74. The molecule has 2 aromatic carbocycles. The van der Waals surface area contributed by atoms with Gasteiger partial charge in [-0.2, -0.15) is 0 Å². The Morgan fingerprint density at radius 3 is 2.64 bits per heavy atom. The van der Waals surface area contributed by atoms with E-state index < -0.39 is 0 Å². The third-order valence-electron chi connectivity index (χ3n) is 4.68. The first-order valence-electron chi connectivity index (χ1n) is 9.30. The molecule has 1 aliphatic rings. The molecule has 1 aromatic heterocycles. The number of benzene rings is 2. The van der Waals surface area contributed by atoms with Gasteiger partial charge in [-0.15, -0.1) is 0 Å². The van der Waals surface area contributed by atoms with Crippen LogP contribution in [0.5, 0.6) is 0 Å². The topological polar surface area (TPSA) is 93.5 Å². The van der Waals surface area contributed by atoms with Crippen molar-refractivity contribution in [2.45, 2.75) is 32.2 Å². The first-order chi connectivity index (χ1) is 13.6. The van der Waals surface area contributed by atoms with Crippen LogP contribution >= 0.6 is 0 Å². The van der Waals surface area contributed by atoms with Crippen molar-refractivity contribution in [2.75, 3.05) is 11.9 Å². The van der Waals surface area contributed by atoms with E-state index in [-0.39, 0.29) is 24.5 Å². The zero-order valence-corrected chi connectivity index (χ0v) is 15.5. The molecule has 0 saturated heterocycles. The van der Waals surface area contributed by atoms with Crippen molar-refractivity contribution in [2.24, 2.45) is 0 Å². The van der Waals surface area contributed by atoms with Gasteiger partial charge < -0.3 is 19.8 Å². The van der Waals surface area contributed by atoms with Gasteiger partial charge in [0.05, 0.1) is 6.61 Å². The Morgan fingerprint density at radius 1 is 1.18 bits per heavy atom. The Kier molecular flexibility index (Phi) is 4.97. The van der Waals surface area contributed by atoms with Crippen LogP contribution in [-0.4, -0.2) is 29.6 Å². The number of oxazole rings is 1.